The number of nitrogens with one attached hydrogen (secondary N) is 2. The summed E-state index contributed by atoms with van der Waals surface area (Å²) in [4.78, 5) is 34.4. The molecule has 0 spiro atoms. The fourth-order valence-corrected chi connectivity index (χ4v) is 6.35. The molecule has 0 aliphatic heterocycles. The molecule has 0 radical (unpaired) electrons. The number of fused-ring (bicyclic) bond motifs is 3. The van der Waals surface area contributed by atoms with Crippen molar-refractivity contribution in [2.45, 2.75) is 35.7 Å². The molecule has 4 rings (SSSR count). The number of aromatic amines is 1. The van der Waals surface area contributed by atoms with Crippen LogP contribution in [0.3, 0.4) is 0 Å². The summed E-state index contributed by atoms with van der Waals surface area (Å²) in [5.41, 5.74) is 1.48. The van der Waals surface area contributed by atoms with Crippen LogP contribution >= 0.6 is 23.1 Å². The number of rotatable bonds is 6. The Hall–Kier alpha value is -2.21. The van der Waals surface area contributed by atoms with Gasteiger partial charge in [-0.3, -0.25) is 9.59 Å². The average Bonchev–Trinajstić information content (AvgIpc) is 3.11. The summed E-state index contributed by atoms with van der Waals surface area (Å²) in [5, 5.41) is 3.84. The monoisotopic (exact) mass is 478 g/mol. The summed E-state index contributed by atoms with van der Waals surface area (Å²) >= 11 is 2.73. The zero-order valence-corrected chi connectivity index (χ0v) is 19.5. The van der Waals surface area contributed by atoms with Crippen molar-refractivity contribution in [3.63, 3.8) is 0 Å². The zero-order valence-electron chi connectivity index (χ0n) is 17.1. The van der Waals surface area contributed by atoms with Gasteiger partial charge in [-0.05, 0) is 55.5 Å². The van der Waals surface area contributed by atoms with Crippen molar-refractivity contribution in [2.75, 3.05) is 25.2 Å². The molecular formula is C20H22N4O4S3. The maximum absolute atomic E-state index is 12.6. The molecule has 3 aromatic rings. The van der Waals surface area contributed by atoms with Crippen LogP contribution in [-0.2, 0) is 27.7 Å². The summed E-state index contributed by atoms with van der Waals surface area (Å²) in [7, 11) is -0.593. The second-order valence-corrected chi connectivity index (χ2v) is 11.6. The van der Waals surface area contributed by atoms with Gasteiger partial charge in [0, 0.05) is 24.7 Å². The molecule has 2 heterocycles. The molecular weight excluding hydrogens is 456 g/mol. The molecule has 0 saturated carbocycles. The van der Waals surface area contributed by atoms with Gasteiger partial charge >= 0.3 is 0 Å². The summed E-state index contributed by atoms with van der Waals surface area (Å²) in [6.45, 7) is 0. The number of aryl methyl sites for hydroxylation is 2. The molecule has 1 aliphatic carbocycles. The Morgan fingerprint density at radius 1 is 1.23 bits per heavy atom. The Bertz CT molecular complexity index is 1290. The quantitative estimate of drug-likeness (QED) is 0.416. The van der Waals surface area contributed by atoms with Gasteiger partial charge in [0.25, 0.3) is 5.56 Å². The minimum absolute atomic E-state index is 0.0668. The first-order valence-corrected chi connectivity index (χ1v) is 13.0. The molecule has 31 heavy (non-hydrogen) atoms. The number of thiophene rings is 1. The number of hydrogen-bond acceptors (Lipinski definition) is 7. The Morgan fingerprint density at radius 2 is 1.94 bits per heavy atom. The van der Waals surface area contributed by atoms with E-state index in [1.807, 2.05) is 0 Å². The van der Waals surface area contributed by atoms with E-state index in [1.54, 1.807) is 23.5 Å². The number of carbonyl (C=O) groups excluding carboxylic acids is 1. The molecule has 0 unspecified atom stereocenters. The number of benzene rings is 1. The number of thioether (sulfide) groups is 1. The summed E-state index contributed by atoms with van der Waals surface area (Å²) < 4.78 is 25.4. The predicted octanol–water partition coefficient (Wildman–Crippen LogP) is 2.84. The van der Waals surface area contributed by atoms with Gasteiger partial charge in [0.05, 0.1) is 16.0 Å². The highest BCUT2D eigenvalue weighted by atomic mass is 32.2. The van der Waals surface area contributed by atoms with E-state index in [0.717, 1.165) is 52.1 Å². The Kier molecular flexibility index (Phi) is 6.20. The van der Waals surface area contributed by atoms with E-state index in [0.29, 0.717) is 16.2 Å². The minimum Gasteiger partial charge on any atom is -0.325 e. The van der Waals surface area contributed by atoms with E-state index in [9.17, 15) is 18.0 Å². The number of carbonyl (C=O) groups is 1. The third kappa shape index (κ3) is 4.54. The highest BCUT2D eigenvalue weighted by Crippen LogP contribution is 2.34. The second kappa shape index (κ2) is 8.73. The van der Waals surface area contributed by atoms with Gasteiger partial charge in [-0.2, -0.15) is 0 Å². The average molecular weight is 479 g/mol. The van der Waals surface area contributed by atoms with E-state index >= 15 is 0 Å². The molecule has 0 bridgehead atoms. The van der Waals surface area contributed by atoms with E-state index in [4.69, 9.17) is 0 Å². The number of hydrogen-bond donors (Lipinski definition) is 2. The molecule has 1 aromatic carbocycles. The van der Waals surface area contributed by atoms with Crippen LogP contribution in [0.5, 0.6) is 0 Å². The van der Waals surface area contributed by atoms with Crippen molar-refractivity contribution in [1.82, 2.24) is 14.3 Å². The molecule has 164 valence electrons. The Morgan fingerprint density at radius 3 is 2.65 bits per heavy atom. The highest BCUT2D eigenvalue weighted by Gasteiger charge is 2.20. The predicted molar refractivity (Wildman–Crippen MR) is 124 cm³/mol. The van der Waals surface area contributed by atoms with Crippen molar-refractivity contribution in [3.8, 4) is 0 Å². The molecule has 0 fully saturated rings. The van der Waals surface area contributed by atoms with Gasteiger partial charge in [0.2, 0.25) is 15.9 Å². The molecule has 0 atom stereocenters. The Balaban J connectivity index is 1.42. The van der Waals surface area contributed by atoms with Crippen molar-refractivity contribution < 1.29 is 13.2 Å². The fourth-order valence-electron chi connectivity index (χ4n) is 3.46. The maximum atomic E-state index is 12.6. The van der Waals surface area contributed by atoms with Crippen LogP contribution in [0.4, 0.5) is 5.69 Å². The number of amides is 1. The number of H-pyrrole nitrogens is 1. The smallest absolute Gasteiger partial charge is 0.260 e. The van der Waals surface area contributed by atoms with Crippen LogP contribution in [0.15, 0.2) is 39.1 Å². The lowest BCUT2D eigenvalue weighted by Gasteiger charge is -2.12. The van der Waals surface area contributed by atoms with Crippen molar-refractivity contribution >= 4 is 54.9 Å². The first-order chi connectivity index (χ1) is 14.8. The lowest BCUT2D eigenvalue weighted by Crippen LogP contribution is -2.22. The largest absolute Gasteiger partial charge is 0.325 e. The summed E-state index contributed by atoms with van der Waals surface area (Å²) in [5.74, 6) is -0.210. The van der Waals surface area contributed by atoms with E-state index < -0.39 is 10.0 Å². The number of nitrogens with zero attached hydrogens (tertiary/aromatic N) is 2. The standard InChI is InChI=1S/C20H22N4O4S3/c1-24(2)31(27,28)13-9-7-12(8-10-13)21-16(25)11-29-20-22-18(26)17-14-5-3-4-6-15(14)30-19(17)23-20/h7-10H,3-6,11H2,1-2H3,(H,21,25)(H,22,23,26). The minimum atomic E-state index is -3.52. The van der Waals surface area contributed by atoms with E-state index in [1.165, 1.54) is 31.1 Å². The molecule has 0 saturated heterocycles. The molecule has 2 N–H and O–H groups in total. The van der Waals surface area contributed by atoms with Gasteiger partial charge in [0.15, 0.2) is 5.16 Å². The van der Waals surface area contributed by atoms with Crippen LogP contribution < -0.4 is 10.9 Å². The van der Waals surface area contributed by atoms with Crippen LogP contribution in [0.25, 0.3) is 10.2 Å². The highest BCUT2D eigenvalue weighted by molar-refractivity contribution is 7.99. The summed E-state index contributed by atoms with van der Waals surface area (Å²) in [6.07, 6.45) is 4.15. The van der Waals surface area contributed by atoms with Crippen molar-refractivity contribution in [3.05, 3.63) is 45.1 Å². The number of anilines is 1. The van der Waals surface area contributed by atoms with Crippen LogP contribution in [0.1, 0.15) is 23.3 Å². The SMILES string of the molecule is CN(C)S(=O)(=O)c1ccc(NC(=O)CSc2nc3sc4c(c3c(=O)[nH]2)CCCC4)cc1. The molecule has 11 heteroatoms. The van der Waals surface area contributed by atoms with Gasteiger partial charge in [0.1, 0.15) is 4.83 Å². The lowest BCUT2D eigenvalue weighted by atomic mass is 9.97. The Labute approximate surface area is 188 Å². The molecule has 1 amide bonds. The van der Waals surface area contributed by atoms with Crippen molar-refractivity contribution in [2.24, 2.45) is 0 Å². The molecule has 2 aromatic heterocycles. The molecule has 1 aliphatic rings. The second-order valence-electron chi connectivity index (χ2n) is 7.41. The fraction of sp³-hybridized carbons (Fsp3) is 0.350. The van der Waals surface area contributed by atoms with Gasteiger partial charge in [-0.25, -0.2) is 17.7 Å². The van der Waals surface area contributed by atoms with Crippen LogP contribution in [-0.4, -0.2) is 48.4 Å². The van der Waals surface area contributed by atoms with Gasteiger partial charge in [-0.1, -0.05) is 11.8 Å². The summed E-state index contributed by atoms with van der Waals surface area (Å²) in [6, 6.07) is 5.98. The van der Waals surface area contributed by atoms with E-state index in [-0.39, 0.29) is 22.1 Å². The maximum Gasteiger partial charge on any atom is 0.260 e. The molecule has 8 nitrogen and oxygen atoms in total. The third-order valence-corrected chi connectivity index (χ3v) is 8.95. The normalized spacial score (nSPS) is 14.0. The van der Waals surface area contributed by atoms with E-state index in [2.05, 4.69) is 15.3 Å². The van der Waals surface area contributed by atoms with Crippen LogP contribution in [0.2, 0.25) is 0 Å². The lowest BCUT2D eigenvalue weighted by molar-refractivity contribution is -0.113. The van der Waals surface area contributed by atoms with Crippen LogP contribution in [0, 0.1) is 0 Å². The number of aromatic nitrogens is 2. The topological polar surface area (TPSA) is 112 Å². The van der Waals surface area contributed by atoms with Crippen molar-refractivity contribution in [1.29, 1.82) is 0 Å². The number of sulfonamides is 1. The first-order valence-electron chi connectivity index (χ1n) is 9.75. The van der Waals surface area contributed by atoms with Gasteiger partial charge in [-0.15, -0.1) is 11.3 Å². The van der Waals surface area contributed by atoms with Gasteiger partial charge < -0.3 is 10.3 Å². The zero-order chi connectivity index (χ0) is 22.2. The third-order valence-electron chi connectivity index (χ3n) is 5.06. The first kappa shape index (κ1) is 22.0.